The molecule has 4 bridgehead atoms. The molecule has 4 aliphatic carbocycles. The summed E-state index contributed by atoms with van der Waals surface area (Å²) in [4.78, 5) is 29.6. The van der Waals surface area contributed by atoms with Crippen LogP contribution in [0.15, 0.2) is 0 Å². The number of rotatable bonds is 5. The van der Waals surface area contributed by atoms with Crippen molar-refractivity contribution in [2.24, 2.45) is 17.8 Å². The first-order chi connectivity index (χ1) is 13.7. The predicted octanol–water partition coefficient (Wildman–Crippen LogP) is 1.99. The van der Waals surface area contributed by atoms with Crippen molar-refractivity contribution in [3.8, 4) is 0 Å². The van der Waals surface area contributed by atoms with Crippen LogP contribution in [-0.2, 0) is 9.59 Å². The van der Waals surface area contributed by atoms with E-state index in [0.717, 1.165) is 50.4 Å². The van der Waals surface area contributed by atoms with Gasteiger partial charge in [-0.2, -0.15) is 0 Å². The maximum Gasteiger partial charge on any atom is 0.234 e. The zero-order chi connectivity index (χ0) is 20.6. The number of nitrogens with one attached hydrogen (secondary N) is 2. The molecule has 5 fully saturated rings. The Hall–Kier alpha value is -1.14. The van der Waals surface area contributed by atoms with E-state index in [4.69, 9.17) is 0 Å². The zero-order valence-corrected chi connectivity index (χ0v) is 18.6. The van der Waals surface area contributed by atoms with Crippen molar-refractivity contribution in [2.75, 3.05) is 39.3 Å². The van der Waals surface area contributed by atoms with Gasteiger partial charge in [0, 0.05) is 24.2 Å². The largest absolute Gasteiger partial charge is 0.350 e. The fraction of sp³-hybridized carbons (Fsp3) is 0.913. The summed E-state index contributed by atoms with van der Waals surface area (Å²) in [6.45, 7) is 10.6. The van der Waals surface area contributed by atoms with Gasteiger partial charge in [0.05, 0.1) is 13.1 Å². The molecule has 5 rings (SSSR count). The Morgan fingerprint density at radius 2 is 1.31 bits per heavy atom. The Labute approximate surface area is 176 Å². The van der Waals surface area contributed by atoms with Crippen molar-refractivity contribution in [1.82, 2.24) is 20.4 Å². The van der Waals surface area contributed by atoms with E-state index in [9.17, 15) is 9.59 Å². The van der Waals surface area contributed by atoms with Crippen LogP contribution in [0.2, 0.25) is 0 Å². The molecule has 164 valence electrons. The summed E-state index contributed by atoms with van der Waals surface area (Å²) in [5, 5.41) is 6.55. The zero-order valence-electron chi connectivity index (χ0n) is 18.6. The van der Waals surface area contributed by atoms with E-state index >= 15 is 0 Å². The van der Waals surface area contributed by atoms with Gasteiger partial charge in [0.25, 0.3) is 0 Å². The Balaban J connectivity index is 1.23. The van der Waals surface area contributed by atoms with Crippen LogP contribution in [0.3, 0.4) is 0 Å². The van der Waals surface area contributed by atoms with Gasteiger partial charge in [-0.1, -0.05) is 0 Å². The Morgan fingerprint density at radius 3 is 1.79 bits per heavy atom. The summed E-state index contributed by atoms with van der Waals surface area (Å²) < 4.78 is 0. The van der Waals surface area contributed by atoms with Crippen LogP contribution in [0.4, 0.5) is 0 Å². The molecule has 6 nitrogen and oxygen atoms in total. The monoisotopic (exact) mass is 404 g/mol. The molecule has 0 radical (unpaired) electrons. The number of amides is 2. The molecule has 6 heteroatoms. The van der Waals surface area contributed by atoms with Crippen molar-refractivity contribution in [2.45, 2.75) is 76.8 Å². The van der Waals surface area contributed by atoms with Gasteiger partial charge in [-0.25, -0.2) is 0 Å². The second-order valence-electron chi connectivity index (χ2n) is 11.5. The number of hydrogen-bond acceptors (Lipinski definition) is 4. The highest BCUT2D eigenvalue weighted by Crippen LogP contribution is 2.55. The molecule has 1 aliphatic heterocycles. The standard InChI is InChI=1S/C23H40N4O2/c1-22(2,3)24-20(28)15-26-5-4-6-27(8-7-26)16-21(29)25-23-12-17-9-18(13-23)11-19(10-17)14-23/h17-19H,4-16H2,1-3H3,(H,24,28)(H,25,29). The van der Waals surface area contributed by atoms with E-state index in [0.29, 0.717) is 13.1 Å². The van der Waals surface area contributed by atoms with Gasteiger partial charge in [0.1, 0.15) is 0 Å². The first kappa shape index (κ1) is 21.1. The van der Waals surface area contributed by atoms with Gasteiger partial charge < -0.3 is 10.6 Å². The quantitative estimate of drug-likeness (QED) is 0.736. The third-order valence-electron chi connectivity index (χ3n) is 7.37. The average Bonchev–Trinajstić information content (AvgIpc) is 2.76. The molecule has 1 heterocycles. The summed E-state index contributed by atoms with van der Waals surface area (Å²) in [6.07, 6.45) is 8.84. The molecule has 0 atom stereocenters. The number of carbonyl (C=O) groups is 2. The fourth-order valence-corrected chi connectivity index (χ4v) is 6.80. The Morgan fingerprint density at radius 1 is 0.828 bits per heavy atom. The summed E-state index contributed by atoms with van der Waals surface area (Å²) in [5.74, 6) is 2.86. The minimum absolute atomic E-state index is 0.0884. The predicted molar refractivity (Wildman–Crippen MR) is 114 cm³/mol. The van der Waals surface area contributed by atoms with Crippen LogP contribution in [0, 0.1) is 17.8 Å². The van der Waals surface area contributed by atoms with E-state index in [1.807, 2.05) is 20.8 Å². The second kappa shape index (κ2) is 8.18. The normalized spacial score (nSPS) is 35.3. The maximum atomic E-state index is 12.9. The van der Waals surface area contributed by atoms with Gasteiger partial charge in [-0.05, 0) is 96.6 Å². The lowest BCUT2D eigenvalue weighted by molar-refractivity contribution is -0.128. The molecule has 0 spiro atoms. The topological polar surface area (TPSA) is 64.7 Å². The lowest BCUT2D eigenvalue weighted by atomic mass is 9.53. The highest BCUT2D eigenvalue weighted by molar-refractivity contribution is 5.79. The molecular weight excluding hydrogens is 364 g/mol. The number of hydrogen-bond donors (Lipinski definition) is 2. The highest BCUT2D eigenvalue weighted by Gasteiger charge is 2.51. The molecule has 0 aromatic rings. The third-order valence-corrected chi connectivity index (χ3v) is 7.37. The van der Waals surface area contributed by atoms with Gasteiger partial charge >= 0.3 is 0 Å². The van der Waals surface area contributed by atoms with Crippen LogP contribution >= 0.6 is 0 Å². The van der Waals surface area contributed by atoms with Crippen LogP contribution < -0.4 is 10.6 Å². The molecule has 2 N–H and O–H groups in total. The second-order valence-corrected chi connectivity index (χ2v) is 11.5. The van der Waals surface area contributed by atoms with Crippen molar-refractivity contribution < 1.29 is 9.59 Å². The highest BCUT2D eigenvalue weighted by atomic mass is 16.2. The van der Waals surface area contributed by atoms with E-state index < -0.39 is 0 Å². The molecule has 2 amide bonds. The maximum absolute atomic E-state index is 12.9. The molecular formula is C23H40N4O2. The lowest BCUT2D eigenvalue weighted by Gasteiger charge is -2.57. The van der Waals surface area contributed by atoms with Crippen molar-refractivity contribution in [3.05, 3.63) is 0 Å². The average molecular weight is 405 g/mol. The van der Waals surface area contributed by atoms with Crippen LogP contribution in [0.25, 0.3) is 0 Å². The van der Waals surface area contributed by atoms with E-state index in [1.165, 1.54) is 38.5 Å². The summed E-state index contributed by atoms with van der Waals surface area (Å²) in [6, 6.07) is 0. The Bertz CT molecular complexity index is 592. The van der Waals surface area contributed by atoms with Crippen LogP contribution in [-0.4, -0.2) is 72.0 Å². The SMILES string of the molecule is CC(C)(C)NC(=O)CN1CCCN(CC(=O)NC23CC4CC(CC(C4)C2)C3)CC1. The minimum atomic E-state index is -0.190. The molecule has 4 saturated carbocycles. The van der Waals surface area contributed by atoms with E-state index in [1.54, 1.807) is 0 Å². The van der Waals surface area contributed by atoms with Crippen LogP contribution in [0.5, 0.6) is 0 Å². The minimum Gasteiger partial charge on any atom is -0.350 e. The Kier molecular flexibility index (Phi) is 5.95. The van der Waals surface area contributed by atoms with Crippen molar-refractivity contribution >= 4 is 11.8 Å². The van der Waals surface area contributed by atoms with E-state index in [2.05, 4.69) is 20.4 Å². The first-order valence-electron chi connectivity index (χ1n) is 11.7. The first-order valence-corrected chi connectivity index (χ1v) is 11.7. The summed E-state index contributed by atoms with van der Waals surface area (Å²) in [7, 11) is 0. The molecule has 0 aromatic carbocycles. The number of carbonyl (C=O) groups excluding carboxylic acids is 2. The van der Waals surface area contributed by atoms with Gasteiger partial charge in [-0.3, -0.25) is 19.4 Å². The van der Waals surface area contributed by atoms with E-state index in [-0.39, 0.29) is 22.9 Å². The molecule has 29 heavy (non-hydrogen) atoms. The van der Waals surface area contributed by atoms with Crippen molar-refractivity contribution in [3.63, 3.8) is 0 Å². The lowest BCUT2D eigenvalue weighted by Crippen LogP contribution is -2.61. The van der Waals surface area contributed by atoms with Gasteiger partial charge in [0.2, 0.25) is 11.8 Å². The summed E-state index contributed by atoms with van der Waals surface area (Å²) in [5.41, 5.74) is -0.0843. The number of nitrogens with zero attached hydrogens (tertiary/aromatic N) is 2. The fourth-order valence-electron chi connectivity index (χ4n) is 6.80. The third kappa shape index (κ3) is 5.52. The van der Waals surface area contributed by atoms with Crippen LogP contribution in [0.1, 0.15) is 65.7 Å². The molecule has 0 aromatic heterocycles. The molecule has 1 saturated heterocycles. The molecule has 0 unspecified atom stereocenters. The van der Waals surface area contributed by atoms with Crippen molar-refractivity contribution in [1.29, 1.82) is 0 Å². The van der Waals surface area contributed by atoms with Gasteiger partial charge in [-0.15, -0.1) is 0 Å². The summed E-state index contributed by atoms with van der Waals surface area (Å²) >= 11 is 0. The van der Waals surface area contributed by atoms with Gasteiger partial charge in [0.15, 0.2) is 0 Å². The smallest absolute Gasteiger partial charge is 0.234 e. The molecule has 5 aliphatic rings.